The lowest BCUT2D eigenvalue weighted by atomic mass is 10.1. The van der Waals surface area contributed by atoms with Gasteiger partial charge in [0.2, 0.25) is 11.5 Å². The number of nitrogens with zero attached hydrogens (tertiary/aromatic N) is 1. The van der Waals surface area contributed by atoms with E-state index in [0.717, 1.165) is 5.56 Å². The van der Waals surface area contributed by atoms with E-state index in [-0.39, 0.29) is 11.5 Å². The number of hydrogen-bond donors (Lipinski definition) is 0. The second-order valence-electron chi connectivity index (χ2n) is 4.61. The van der Waals surface area contributed by atoms with E-state index in [9.17, 15) is 9.59 Å². The molecular formula is C15H15NO4. The molecule has 2 aromatic rings. The van der Waals surface area contributed by atoms with Crippen LogP contribution < -0.4 is 0 Å². The molecule has 2 rings (SSSR count). The number of benzene rings is 1. The highest BCUT2D eigenvalue weighted by atomic mass is 16.6. The highest BCUT2D eigenvalue weighted by Gasteiger charge is 2.22. The lowest BCUT2D eigenvalue weighted by Crippen LogP contribution is -2.24. The molecule has 0 fully saturated rings. The number of esters is 1. The fraction of sp³-hybridized carbons (Fsp3) is 0.267. The molecule has 0 saturated carbocycles. The van der Waals surface area contributed by atoms with Gasteiger partial charge in [-0.05, 0) is 20.8 Å². The molecule has 0 N–H and O–H groups in total. The van der Waals surface area contributed by atoms with Gasteiger partial charge in [0.05, 0.1) is 5.69 Å². The summed E-state index contributed by atoms with van der Waals surface area (Å²) < 4.78 is 9.87. The lowest BCUT2D eigenvalue weighted by Gasteiger charge is -2.11. The number of rotatable bonds is 4. The third-order valence-corrected chi connectivity index (χ3v) is 2.82. The normalized spacial score (nSPS) is 11.9. The Bertz CT molecular complexity index is 628. The zero-order valence-corrected chi connectivity index (χ0v) is 11.5. The molecule has 1 aromatic heterocycles. The number of Topliss-reactive ketones (excluding diaryl/α,β-unsaturated/α-hetero) is 1. The largest absolute Gasteiger partial charge is 0.448 e. The lowest BCUT2D eigenvalue weighted by molar-refractivity contribution is 0.0281. The van der Waals surface area contributed by atoms with Gasteiger partial charge in [-0.1, -0.05) is 35.0 Å². The van der Waals surface area contributed by atoms with E-state index >= 15 is 0 Å². The van der Waals surface area contributed by atoms with Crippen LogP contribution in [0.15, 0.2) is 34.9 Å². The van der Waals surface area contributed by atoms with Crippen LogP contribution in [0.25, 0.3) is 0 Å². The first kappa shape index (κ1) is 14.0. The molecule has 0 radical (unpaired) electrons. The Hall–Kier alpha value is -2.43. The number of aryl methyl sites for hydroxylation is 2. The zero-order chi connectivity index (χ0) is 14.7. The number of hydrogen-bond acceptors (Lipinski definition) is 5. The van der Waals surface area contributed by atoms with Crippen LogP contribution in [-0.4, -0.2) is 23.0 Å². The first-order valence-corrected chi connectivity index (χ1v) is 6.22. The third-order valence-electron chi connectivity index (χ3n) is 2.82. The molecule has 1 unspecified atom stereocenters. The second-order valence-corrected chi connectivity index (χ2v) is 4.61. The van der Waals surface area contributed by atoms with Crippen molar-refractivity contribution in [3.8, 4) is 0 Å². The summed E-state index contributed by atoms with van der Waals surface area (Å²) in [4.78, 5) is 23.9. The van der Waals surface area contributed by atoms with Crippen molar-refractivity contribution in [2.75, 3.05) is 0 Å². The Morgan fingerprint density at radius 1 is 1.20 bits per heavy atom. The number of aromatic nitrogens is 1. The van der Waals surface area contributed by atoms with Gasteiger partial charge in [0.15, 0.2) is 6.10 Å². The van der Waals surface area contributed by atoms with Gasteiger partial charge in [-0.3, -0.25) is 4.79 Å². The van der Waals surface area contributed by atoms with E-state index in [1.165, 1.54) is 13.0 Å². The van der Waals surface area contributed by atoms with Crippen molar-refractivity contribution in [2.45, 2.75) is 26.9 Å². The first-order chi connectivity index (χ1) is 9.47. The third kappa shape index (κ3) is 3.12. The Kier molecular flexibility index (Phi) is 3.98. The van der Waals surface area contributed by atoms with E-state index in [4.69, 9.17) is 9.26 Å². The fourth-order valence-electron chi connectivity index (χ4n) is 1.68. The van der Waals surface area contributed by atoms with Gasteiger partial charge in [-0.25, -0.2) is 4.79 Å². The van der Waals surface area contributed by atoms with Gasteiger partial charge in [-0.2, -0.15) is 0 Å². The topological polar surface area (TPSA) is 69.4 Å². The van der Waals surface area contributed by atoms with E-state index in [1.54, 1.807) is 19.1 Å². The molecule has 0 saturated heterocycles. The van der Waals surface area contributed by atoms with E-state index in [1.807, 2.05) is 19.1 Å². The van der Waals surface area contributed by atoms with E-state index in [2.05, 4.69) is 5.16 Å². The average molecular weight is 273 g/mol. The molecule has 0 amide bonds. The van der Waals surface area contributed by atoms with E-state index < -0.39 is 12.1 Å². The predicted octanol–water partition coefficient (Wildman–Crippen LogP) is 2.72. The van der Waals surface area contributed by atoms with Crippen LogP contribution in [0, 0.1) is 13.8 Å². The molecule has 0 aliphatic heterocycles. The van der Waals surface area contributed by atoms with Gasteiger partial charge < -0.3 is 9.26 Å². The molecule has 5 heteroatoms. The Labute approximate surface area is 116 Å². The van der Waals surface area contributed by atoms with Crippen LogP contribution in [0.2, 0.25) is 0 Å². The van der Waals surface area contributed by atoms with Crippen LogP contribution in [0.4, 0.5) is 0 Å². The molecule has 0 aliphatic rings. The van der Waals surface area contributed by atoms with Crippen molar-refractivity contribution in [1.29, 1.82) is 0 Å². The minimum absolute atomic E-state index is 0.00828. The summed E-state index contributed by atoms with van der Waals surface area (Å²) in [7, 11) is 0. The van der Waals surface area contributed by atoms with Gasteiger partial charge in [0.1, 0.15) is 0 Å². The quantitative estimate of drug-likeness (QED) is 0.632. The summed E-state index contributed by atoms with van der Waals surface area (Å²) in [5, 5.41) is 3.60. The smallest absolute Gasteiger partial charge is 0.377 e. The molecule has 104 valence electrons. The summed E-state index contributed by atoms with van der Waals surface area (Å²) in [5.74, 6) is -0.959. The maximum Gasteiger partial charge on any atom is 0.377 e. The molecule has 5 nitrogen and oxygen atoms in total. The minimum atomic E-state index is -0.879. The predicted molar refractivity (Wildman–Crippen MR) is 71.6 cm³/mol. The van der Waals surface area contributed by atoms with Crippen molar-refractivity contribution in [3.05, 3.63) is 52.9 Å². The van der Waals surface area contributed by atoms with Gasteiger partial charge in [0.25, 0.3) is 0 Å². The summed E-state index contributed by atoms with van der Waals surface area (Å²) in [6.07, 6.45) is -0.879. The second kappa shape index (κ2) is 5.69. The Morgan fingerprint density at radius 3 is 2.40 bits per heavy atom. The van der Waals surface area contributed by atoms with Crippen molar-refractivity contribution >= 4 is 11.8 Å². The molecule has 0 aliphatic carbocycles. The highest BCUT2D eigenvalue weighted by molar-refractivity contribution is 6.01. The molecule has 0 bridgehead atoms. The van der Waals surface area contributed by atoms with E-state index in [0.29, 0.717) is 11.3 Å². The van der Waals surface area contributed by atoms with Crippen LogP contribution in [0.5, 0.6) is 0 Å². The minimum Gasteiger partial charge on any atom is -0.448 e. The Morgan fingerprint density at radius 2 is 1.85 bits per heavy atom. The number of carbonyl (C=O) groups excluding carboxylic acids is 2. The van der Waals surface area contributed by atoms with Crippen molar-refractivity contribution in [1.82, 2.24) is 5.16 Å². The Balaban J connectivity index is 2.04. The molecule has 1 heterocycles. The molecule has 20 heavy (non-hydrogen) atoms. The summed E-state index contributed by atoms with van der Waals surface area (Å²) in [6, 6.07) is 8.55. The fourth-order valence-corrected chi connectivity index (χ4v) is 1.68. The SMILES string of the molecule is Cc1ccc(C(=O)C(C)OC(=O)c2cc(C)no2)cc1. The first-order valence-electron chi connectivity index (χ1n) is 6.22. The summed E-state index contributed by atoms with van der Waals surface area (Å²) >= 11 is 0. The van der Waals surface area contributed by atoms with Gasteiger partial charge >= 0.3 is 5.97 Å². The van der Waals surface area contributed by atoms with Crippen molar-refractivity contribution < 1.29 is 18.8 Å². The van der Waals surface area contributed by atoms with Crippen LogP contribution in [0.1, 0.15) is 39.1 Å². The van der Waals surface area contributed by atoms with Crippen molar-refractivity contribution in [2.24, 2.45) is 0 Å². The van der Waals surface area contributed by atoms with Gasteiger partial charge in [0, 0.05) is 11.6 Å². The molecule has 1 aromatic carbocycles. The molecule has 0 spiro atoms. The van der Waals surface area contributed by atoms with Crippen LogP contribution >= 0.6 is 0 Å². The van der Waals surface area contributed by atoms with Gasteiger partial charge in [-0.15, -0.1) is 0 Å². The number of ketones is 1. The standard InChI is InChI=1S/C15H15NO4/c1-9-4-6-12(7-5-9)14(17)11(3)19-15(18)13-8-10(2)16-20-13/h4-8,11H,1-3H3. The maximum absolute atomic E-state index is 12.1. The summed E-state index contributed by atoms with van der Waals surface area (Å²) in [6.45, 7) is 5.16. The van der Waals surface area contributed by atoms with Crippen molar-refractivity contribution in [3.63, 3.8) is 0 Å². The number of carbonyl (C=O) groups is 2. The molecule has 1 atom stereocenters. The maximum atomic E-state index is 12.1. The summed E-state index contributed by atoms with van der Waals surface area (Å²) in [5.41, 5.74) is 2.14. The monoisotopic (exact) mass is 273 g/mol. The molecular weight excluding hydrogens is 258 g/mol. The van der Waals surface area contributed by atoms with Crippen LogP contribution in [-0.2, 0) is 4.74 Å². The average Bonchev–Trinajstić information content (AvgIpc) is 2.85. The highest BCUT2D eigenvalue weighted by Crippen LogP contribution is 2.11. The zero-order valence-electron chi connectivity index (χ0n) is 11.5. The number of ether oxygens (including phenoxy) is 1. The van der Waals surface area contributed by atoms with Crippen LogP contribution in [0.3, 0.4) is 0 Å².